The minimum Gasteiger partial charge on any atom is -0.275 e. The Bertz CT molecular complexity index is 429. The fraction of sp³-hybridized carbons (Fsp3) is 0.333. The number of nitrogens with zero attached hydrogens (tertiary/aromatic N) is 1. The number of nitrogens with one attached hydrogen (secondary N) is 2. The molecule has 2 N–H and O–H groups in total. The van der Waals surface area contributed by atoms with E-state index in [1.807, 2.05) is 24.3 Å². The third-order valence-electron chi connectivity index (χ3n) is 2.55. The van der Waals surface area contributed by atoms with Crippen molar-refractivity contribution in [3.8, 4) is 0 Å². The highest BCUT2D eigenvalue weighted by atomic mass is 16.2. The van der Waals surface area contributed by atoms with Crippen LogP contribution >= 0.6 is 0 Å². The van der Waals surface area contributed by atoms with Crippen molar-refractivity contribution in [2.24, 2.45) is 0 Å². The standard InChI is InChI=1S/C12H15N3O2/c1-2-4-9-5-3-6-10(7-9)15-8-11(16)13-12(17)14-15/h3,5-7H,2,4,8H2,1H3,(H2,13,14,16,17). The van der Waals surface area contributed by atoms with E-state index in [2.05, 4.69) is 17.7 Å². The highest BCUT2D eigenvalue weighted by Gasteiger charge is 2.21. The number of hydrogen-bond acceptors (Lipinski definition) is 3. The van der Waals surface area contributed by atoms with E-state index in [0.29, 0.717) is 0 Å². The minimum atomic E-state index is -0.484. The van der Waals surface area contributed by atoms with Gasteiger partial charge in [-0.25, -0.2) is 10.2 Å². The van der Waals surface area contributed by atoms with Crippen molar-refractivity contribution in [1.29, 1.82) is 0 Å². The molecule has 0 saturated carbocycles. The molecule has 1 aromatic rings. The lowest BCUT2D eigenvalue weighted by Crippen LogP contribution is -2.59. The average molecular weight is 233 g/mol. The summed E-state index contributed by atoms with van der Waals surface area (Å²) in [5, 5.41) is 3.74. The second-order valence-electron chi connectivity index (χ2n) is 4.00. The minimum absolute atomic E-state index is 0.140. The van der Waals surface area contributed by atoms with Crippen LogP contribution < -0.4 is 15.8 Å². The number of benzene rings is 1. The molecule has 0 radical (unpaired) electrons. The van der Waals surface area contributed by atoms with Crippen LogP contribution in [0.1, 0.15) is 18.9 Å². The summed E-state index contributed by atoms with van der Waals surface area (Å²) in [7, 11) is 0. The fourth-order valence-corrected chi connectivity index (χ4v) is 1.82. The Morgan fingerprint density at radius 3 is 2.88 bits per heavy atom. The van der Waals surface area contributed by atoms with Gasteiger partial charge in [-0.1, -0.05) is 25.5 Å². The zero-order chi connectivity index (χ0) is 12.3. The lowest BCUT2D eigenvalue weighted by Gasteiger charge is -2.28. The maximum atomic E-state index is 11.3. The number of rotatable bonds is 3. The molecular formula is C12H15N3O2. The topological polar surface area (TPSA) is 61.4 Å². The van der Waals surface area contributed by atoms with Crippen molar-refractivity contribution >= 4 is 17.6 Å². The van der Waals surface area contributed by atoms with Crippen molar-refractivity contribution < 1.29 is 9.59 Å². The van der Waals surface area contributed by atoms with Gasteiger partial charge in [-0.3, -0.25) is 15.1 Å². The summed E-state index contributed by atoms with van der Waals surface area (Å²) in [6.45, 7) is 2.25. The zero-order valence-corrected chi connectivity index (χ0v) is 9.69. The van der Waals surface area contributed by atoms with Gasteiger partial charge in [0.05, 0.1) is 5.69 Å². The van der Waals surface area contributed by atoms with Crippen LogP contribution in [0.5, 0.6) is 0 Å². The van der Waals surface area contributed by atoms with Crippen molar-refractivity contribution in [2.45, 2.75) is 19.8 Å². The third kappa shape index (κ3) is 2.75. The average Bonchev–Trinajstić information content (AvgIpc) is 2.28. The van der Waals surface area contributed by atoms with Gasteiger partial charge >= 0.3 is 6.03 Å². The van der Waals surface area contributed by atoms with E-state index >= 15 is 0 Å². The molecule has 1 aromatic carbocycles. The maximum Gasteiger partial charge on any atom is 0.340 e. The number of anilines is 1. The Labute approximate surface area is 99.8 Å². The number of aryl methyl sites for hydroxylation is 1. The van der Waals surface area contributed by atoms with Crippen LogP contribution in [0.4, 0.5) is 10.5 Å². The molecule has 3 amide bonds. The van der Waals surface area contributed by atoms with Gasteiger partial charge in [0.15, 0.2) is 0 Å². The monoisotopic (exact) mass is 233 g/mol. The predicted octanol–water partition coefficient (Wildman–Crippen LogP) is 1.20. The molecule has 90 valence electrons. The largest absolute Gasteiger partial charge is 0.340 e. The molecule has 2 rings (SSSR count). The van der Waals surface area contributed by atoms with Crippen LogP contribution in [-0.2, 0) is 11.2 Å². The summed E-state index contributed by atoms with van der Waals surface area (Å²) >= 11 is 0. The summed E-state index contributed by atoms with van der Waals surface area (Å²) < 4.78 is 0. The van der Waals surface area contributed by atoms with Crippen LogP contribution in [0.3, 0.4) is 0 Å². The second-order valence-corrected chi connectivity index (χ2v) is 4.00. The molecule has 0 aliphatic carbocycles. The van der Waals surface area contributed by atoms with Crippen molar-refractivity contribution in [1.82, 2.24) is 10.7 Å². The van der Waals surface area contributed by atoms with Gasteiger partial charge in [-0.2, -0.15) is 0 Å². The highest BCUT2D eigenvalue weighted by Crippen LogP contribution is 2.16. The van der Waals surface area contributed by atoms with Crippen LogP contribution in [0.15, 0.2) is 24.3 Å². The lowest BCUT2D eigenvalue weighted by atomic mass is 10.1. The summed E-state index contributed by atoms with van der Waals surface area (Å²) in [6.07, 6.45) is 2.05. The molecule has 1 heterocycles. The first kappa shape index (κ1) is 11.4. The second kappa shape index (κ2) is 4.86. The first-order chi connectivity index (χ1) is 8.19. The molecule has 1 aliphatic heterocycles. The number of urea groups is 1. The third-order valence-corrected chi connectivity index (χ3v) is 2.55. The van der Waals surface area contributed by atoms with Crippen LogP contribution in [0, 0.1) is 0 Å². The van der Waals surface area contributed by atoms with E-state index in [1.165, 1.54) is 5.56 Å². The van der Waals surface area contributed by atoms with Crippen LogP contribution in [0.25, 0.3) is 0 Å². The Morgan fingerprint density at radius 1 is 1.35 bits per heavy atom. The fourth-order valence-electron chi connectivity index (χ4n) is 1.82. The number of imide groups is 1. The van der Waals surface area contributed by atoms with E-state index < -0.39 is 6.03 Å². The Morgan fingerprint density at radius 2 is 2.18 bits per heavy atom. The van der Waals surface area contributed by atoms with Crippen molar-refractivity contribution in [3.05, 3.63) is 29.8 Å². The number of hydrogen-bond donors (Lipinski definition) is 2. The van der Waals surface area contributed by atoms with E-state index in [-0.39, 0.29) is 12.5 Å². The van der Waals surface area contributed by atoms with Gasteiger partial charge in [-0.15, -0.1) is 0 Å². The number of hydrazine groups is 1. The van der Waals surface area contributed by atoms with Crippen molar-refractivity contribution in [2.75, 3.05) is 11.6 Å². The summed E-state index contributed by atoms with van der Waals surface area (Å²) in [5.41, 5.74) is 4.63. The molecule has 17 heavy (non-hydrogen) atoms. The van der Waals surface area contributed by atoms with E-state index in [9.17, 15) is 9.59 Å². The van der Waals surface area contributed by atoms with Gasteiger partial charge in [0, 0.05) is 0 Å². The quantitative estimate of drug-likeness (QED) is 0.824. The SMILES string of the molecule is CCCc1cccc(N2CC(=O)NC(=O)N2)c1. The molecule has 5 heteroatoms. The first-order valence-corrected chi connectivity index (χ1v) is 5.66. The Hall–Kier alpha value is -2.04. The van der Waals surface area contributed by atoms with E-state index in [0.717, 1.165) is 18.5 Å². The highest BCUT2D eigenvalue weighted by molar-refractivity contribution is 6.00. The smallest absolute Gasteiger partial charge is 0.275 e. The van der Waals surface area contributed by atoms with Gasteiger partial charge < -0.3 is 0 Å². The molecule has 5 nitrogen and oxygen atoms in total. The molecule has 0 unspecified atom stereocenters. The molecule has 1 saturated heterocycles. The summed E-state index contributed by atoms with van der Waals surface area (Å²) in [5.74, 6) is -0.297. The molecule has 0 atom stereocenters. The van der Waals surface area contributed by atoms with Gasteiger partial charge in [0.25, 0.3) is 0 Å². The molecular weight excluding hydrogens is 218 g/mol. The summed E-state index contributed by atoms with van der Waals surface area (Å²) in [6, 6.07) is 7.35. The van der Waals surface area contributed by atoms with Gasteiger partial charge in [0.2, 0.25) is 5.91 Å². The van der Waals surface area contributed by atoms with Gasteiger partial charge in [0.1, 0.15) is 6.54 Å². The normalized spacial score (nSPS) is 15.5. The van der Waals surface area contributed by atoms with E-state index in [4.69, 9.17) is 0 Å². The molecule has 1 fully saturated rings. The zero-order valence-electron chi connectivity index (χ0n) is 9.69. The molecule has 0 aromatic heterocycles. The first-order valence-electron chi connectivity index (χ1n) is 5.66. The van der Waals surface area contributed by atoms with E-state index in [1.54, 1.807) is 5.01 Å². The Balaban J connectivity index is 2.18. The van der Waals surface area contributed by atoms with Gasteiger partial charge in [-0.05, 0) is 24.1 Å². The Kier molecular flexibility index (Phi) is 3.27. The maximum absolute atomic E-state index is 11.3. The number of carbonyl (C=O) groups is 2. The predicted molar refractivity (Wildman–Crippen MR) is 64.5 cm³/mol. The van der Waals surface area contributed by atoms with Crippen LogP contribution in [-0.4, -0.2) is 18.5 Å². The number of amides is 3. The molecule has 1 aliphatic rings. The lowest BCUT2D eigenvalue weighted by molar-refractivity contribution is -0.119. The number of carbonyl (C=O) groups excluding carboxylic acids is 2. The molecule has 0 spiro atoms. The van der Waals surface area contributed by atoms with Crippen LogP contribution in [0.2, 0.25) is 0 Å². The molecule has 0 bridgehead atoms. The summed E-state index contributed by atoms with van der Waals surface area (Å²) in [4.78, 5) is 22.4. The van der Waals surface area contributed by atoms with Crippen molar-refractivity contribution in [3.63, 3.8) is 0 Å².